The second-order valence-electron chi connectivity index (χ2n) is 5.18. The first kappa shape index (κ1) is 15.0. The Bertz CT molecular complexity index is 441. The number of hydrogen-bond acceptors (Lipinski definition) is 5. The second kappa shape index (κ2) is 7.38. The third-order valence-electron chi connectivity index (χ3n) is 3.48. The maximum absolute atomic E-state index is 11.9. The van der Waals surface area contributed by atoms with Crippen molar-refractivity contribution in [3.05, 3.63) is 11.4 Å². The highest BCUT2D eigenvalue weighted by atomic mass is 16.5. The first-order valence-corrected chi connectivity index (χ1v) is 7.49. The van der Waals surface area contributed by atoms with Crippen LogP contribution in [0.5, 0.6) is 0 Å². The molecule has 1 N–H and O–H groups in total. The smallest absolute Gasteiger partial charge is 0.360 e. The fourth-order valence-corrected chi connectivity index (χ4v) is 2.32. The van der Waals surface area contributed by atoms with Gasteiger partial charge in [0.05, 0.1) is 12.3 Å². The molecular weight excluding hydrogens is 258 g/mol. The minimum Gasteiger partial charge on any atom is -0.461 e. The second-order valence-corrected chi connectivity index (χ2v) is 5.18. The molecule has 112 valence electrons. The van der Waals surface area contributed by atoms with Gasteiger partial charge in [-0.25, -0.2) is 9.48 Å². The van der Waals surface area contributed by atoms with Crippen LogP contribution in [0.2, 0.25) is 0 Å². The van der Waals surface area contributed by atoms with Crippen LogP contribution in [0.1, 0.15) is 67.5 Å². The largest absolute Gasteiger partial charge is 0.461 e. The van der Waals surface area contributed by atoms with E-state index in [1.165, 1.54) is 0 Å². The monoisotopic (exact) mass is 281 g/mol. The fraction of sp³-hybridized carbons (Fsp3) is 0.786. The Morgan fingerprint density at radius 2 is 2.10 bits per heavy atom. The number of hydrogen-bond donors (Lipinski definition) is 1. The number of esters is 1. The minimum absolute atomic E-state index is 0.254. The van der Waals surface area contributed by atoms with Gasteiger partial charge < -0.3 is 9.84 Å². The summed E-state index contributed by atoms with van der Waals surface area (Å²) in [5.74, 6) is 0.0581. The molecule has 0 bridgehead atoms. The fourth-order valence-electron chi connectivity index (χ4n) is 2.32. The highest BCUT2D eigenvalue weighted by Crippen LogP contribution is 2.41. The van der Waals surface area contributed by atoms with E-state index in [1.807, 2.05) is 4.68 Å². The zero-order chi connectivity index (χ0) is 14.4. The molecule has 6 nitrogen and oxygen atoms in total. The van der Waals surface area contributed by atoms with Gasteiger partial charge in [-0.2, -0.15) is 0 Å². The standard InChI is InChI=1S/C14H23N3O3/c1-2-20-14(19)12-13(11-7-8-11)17(16-15-12)9-5-3-4-6-10-18/h11,18H,2-10H2,1H3. The van der Waals surface area contributed by atoms with E-state index in [1.54, 1.807) is 6.92 Å². The van der Waals surface area contributed by atoms with Crippen LogP contribution >= 0.6 is 0 Å². The van der Waals surface area contributed by atoms with Gasteiger partial charge in [0.15, 0.2) is 5.69 Å². The van der Waals surface area contributed by atoms with Gasteiger partial charge in [-0.15, -0.1) is 5.10 Å². The molecule has 1 saturated carbocycles. The van der Waals surface area contributed by atoms with Crippen LogP contribution in [0.25, 0.3) is 0 Å². The Balaban J connectivity index is 1.96. The topological polar surface area (TPSA) is 77.2 Å². The molecule has 1 aliphatic rings. The molecule has 0 atom stereocenters. The highest BCUT2D eigenvalue weighted by molar-refractivity contribution is 5.88. The van der Waals surface area contributed by atoms with Crippen molar-refractivity contribution in [1.29, 1.82) is 0 Å². The SMILES string of the molecule is CCOC(=O)c1nnn(CCCCCCO)c1C1CC1. The van der Waals surface area contributed by atoms with Crippen molar-refractivity contribution >= 4 is 5.97 Å². The Morgan fingerprint density at radius 1 is 1.35 bits per heavy atom. The molecule has 1 aliphatic carbocycles. The lowest BCUT2D eigenvalue weighted by atomic mass is 10.2. The van der Waals surface area contributed by atoms with Gasteiger partial charge in [-0.1, -0.05) is 18.1 Å². The average molecular weight is 281 g/mol. The van der Waals surface area contributed by atoms with Crippen LogP contribution in [0, 0.1) is 0 Å². The summed E-state index contributed by atoms with van der Waals surface area (Å²) < 4.78 is 6.90. The maximum Gasteiger partial charge on any atom is 0.360 e. The summed E-state index contributed by atoms with van der Waals surface area (Å²) in [6.45, 7) is 3.19. The lowest BCUT2D eigenvalue weighted by molar-refractivity contribution is 0.0518. The Morgan fingerprint density at radius 3 is 2.75 bits per heavy atom. The molecule has 6 heteroatoms. The van der Waals surface area contributed by atoms with Gasteiger partial charge in [0.2, 0.25) is 0 Å². The summed E-state index contributed by atoms with van der Waals surface area (Å²) in [7, 11) is 0. The number of rotatable bonds is 9. The molecule has 1 fully saturated rings. The van der Waals surface area contributed by atoms with E-state index in [4.69, 9.17) is 9.84 Å². The van der Waals surface area contributed by atoms with Crippen LogP contribution < -0.4 is 0 Å². The van der Waals surface area contributed by atoms with Gasteiger partial charge in [-0.05, 0) is 32.6 Å². The molecule has 0 spiro atoms. The van der Waals surface area contributed by atoms with E-state index >= 15 is 0 Å². The molecule has 0 amide bonds. The number of aliphatic hydroxyl groups is 1. The quantitative estimate of drug-likeness (QED) is 0.552. The number of aromatic nitrogens is 3. The zero-order valence-electron chi connectivity index (χ0n) is 12.0. The molecule has 2 rings (SSSR count). The highest BCUT2D eigenvalue weighted by Gasteiger charge is 2.34. The van der Waals surface area contributed by atoms with Gasteiger partial charge in [0.25, 0.3) is 0 Å². The number of unbranched alkanes of at least 4 members (excludes halogenated alkanes) is 3. The summed E-state index contributed by atoms with van der Waals surface area (Å²) in [5, 5.41) is 16.9. The summed E-state index contributed by atoms with van der Waals surface area (Å²) in [6.07, 6.45) is 6.12. The van der Waals surface area contributed by atoms with Crippen molar-refractivity contribution in [3.8, 4) is 0 Å². The van der Waals surface area contributed by atoms with Gasteiger partial charge in [0, 0.05) is 19.1 Å². The zero-order valence-corrected chi connectivity index (χ0v) is 12.0. The average Bonchev–Trinajstić information content (AvgIpc) is 3.19. The molecule has 1 heterocycles. The number of aliphatic hydroxyl groups excluding tert-OH is 1. The predicted octanol–water partition coefficient (Wildman–Crippen LogP) is 1.88. The summed E-state index contributed by atoms with van der Waals surface area (Å²) in [5.41, 5.74) is 1.34. The first-order valence-electron chi connectivity index (χ1n) is 7.49. The van der Waals surface area contributed by atoms with E-state index < -0.39 is 0 Å². The maximum atomic E-state index is 11.9. The third-order valence-corrected chi connectivity index (χ3v) is 3.48. The molecule has 20 heavy (non-hydrogen) atoms. The van der Waals surface area contributed by atoms with Crippen LogP contribution in [-0.2, 0) is 11.3 Å². The van der Waals surface area contributed by atoms with Crippen molar-refractivity contribution in [3.63, 3.8) is 0 Å². The summed E-state index contributed by atoms with van der Waals surface area (Å²) >= 11 is 0. The Hall–Kier alpha value is -1.43. The number of carbonyl (C=O) groups is 1. The summed E-state index contributed by atoms with van der Waals surface area (Å²) in [6, 6.07) is 0. The van der Waals surface area contributed by atoms with Gasteiger partial charge in [-0.3, -0.25) is 0 Å². The van der Waals surface area contributed by atoms with Gasteiger partial charge in [0.1, 0.15) is 0 Å². The van der Waals surface area contributed by atoms with E-state index in [0.29, 0.717) is 18.2 Å². The van der Waals surface area contributed by atoms with Crippen molar-refractivity contribution in [1.82, 2.24) is 15.0 Å². The number of carbonyl (C=O) groups excluding carboxylic acids is 1. The molecule has 1 aromatic rings. The molecular formula is C14H23N3O3. The van der Waals surface area contributed by atoms with E-state index in [2.05, 4.69) is 10.3 Å². The van der Waals surface area contributed by atoms with E-state index in [9.17, 15) is 4.79 Å². The van der Waals surface area contributed by atoms with Crippen LogP contribution in [-0.4, -0.2) is 39.3 Å². The van der Waals surface area contributed by atoms with Gasteiger partial charge >= 0.3 is 5.97 Å². The molecule has 0 radical (unpaired) electrons. The number of ether oxygens (including phenoxy) is 1. The molecule has 0 saturated heterocycles. The van der Waals surface area contributed by atoms with E-state index in [0.717, 1.165) is 50.8 Å². The lowest BCUT2D eigenvalue weighted by Gasteiger charge is -2.06. The van der Waals surface area contributed by atoms with Crippen LogP contribution in [0.3, 0.4) is 0 Å². The molecule has 0 aromatic carbocycles. The third kappa shape index (κ3) is 3.79. The molecule has 0 unspecified atom stereocenters. The van der Waals surface area contributed by atoms with Crippen molar-refractivity contribution in [2.75, 3.05) is 13.2 Å². The molecule has 1 aromatic heterocycles. The Labute approximate surface area is 119 Å². The van der Waals surface area contributed by atoms with Crippen molar-refractivity contribution in [2.24, 2.45) is 0 Å². The number of aryl methyl sites for hydroxylation is 1. The normalized spacial score (nSPS) is 14.5. The molecule has 0 aliphatic heterocycles. The number of nitrogens with zero attached hydrogens (tertiary/aromatic N) is 3. The van der Waals surface area contributed by atoms with Crippen LogP contribution in [0.4, 0.5) is 0 Å². The van der Waals surface area contributed by atoms with Crippen molar-refractivity contribution in [2.45, 2.75) is 57.9 Å². The summed E-state index contributed by atoms with van der Waals surface area (Å²) in [4.78, 5) is 11.9. The predicted molar refractivity (Wildman–Crippen MR) is 73.5 cm³/mol. The van der Waals surface area contributed by atoms with Crippen molar-refractivity contribution < 1.29 is 14.6 Å². The minimum atomic E-state index is -0.360. The lowest BCUT2D eigenvalue weighted by Crippen LogP contribution is -2.10. The van der Waals surface area contributed by atoms with E-state index in [-0.39, 0.29) is 12.6 Å². The Kier molecular flexibility index (Phi) is 5.52. The van der Waals surface area contributed by atoms with Crippen LogP contribution in [0.15, 0.2) is 0 Å². The first-order chi connectivity index (χ1) is 9.77.